The molecule has 114 valence electrons. The van der Waals surface area contributed by atoms with Gasteiger partial charge in [0.25, 0.3) is 0 Å². The summed E-state index contributed by atoms with van der Waals surface area (Å²) in [4.78, 5) is 4.28. The van der Waals surface area contributed by atoms with E-state index < -0.39 is 0 Å². The van der Waals surface area contributed by atoms with Crippen LogP contribution in [0.2, 0.25) is 0 Å². The lowest BCUT2D eigenvalue weighted by Crippen LogP contribution is -2.17. The number of unbranched alkanes of at least 4 members (excludes halogenated alkanes) is 6. The van der Waals surface area contributed by atoms with Gasteiger partial charge in [-0.15, -0.1) is 0 Å². The van der Waals surface area contributed by atoms with E-state index in [1.165, 1.54) is 50.5 Å². The van der Waals surface area contributed by atoms with Gasteiger partial charge in [0.15, 0.2) is 0 Å². The van der Waals surface area contributed by atoms with Crippen molar-refractivity contribution in [3.05, 3.63) is 23.9 Å². The standard InChI is InChI=1S/C17H30N2O/c1-4-5-6-7-8-9-10-13-16(18-2)15-12-11-14-19-17(15)20-3/h11-12,14,16,18H,4-10,13H2,1-3H3. The first kappa shape index (κ1) is 17.0. The molecule has 0 aliphatic heterocycles. The second-order valence-electron chi connectivity index (χ2n) is 5.35. The lowest BCUT2D eigenvalue weighted by Gasteiger charge is -2.18. The van der Waals surface area contributed by atoms with Gasteiger partial charge in [-0.1, -0.05) is 57.9 Å². The van der Waals surface area contributed by atoms with Crippen molar-refractivity contribution in [1.29, 1.82) is 0 Å². The molecule has 0 radical (unpaired) electrons. The molecule has 1 rings (SSSR count). The van der Waals surface area contributed by atoms with Crippen LogP contribution < -0.4 is 10.1 Å². The molecule has 1 heterocycles. The van der Waals surface area contributed by atoms with Gasteiger partial charge in [0.05, 0.1) is 7.11 Å². The van der Waals surface area contributed by atoms with Crippen molar-refractivity contribution in [3.8, 4) is 5.88 Å². The van der Waals surface area contributed by atoms with Crippen LogP contribution in [0.1, 0.15) is 69.9 Å². The van der Waals surface area contributed by atoms with Crippen molar-refractivity contribution in [2.24, 2.45) is 0 Å². The highest BCUT2D eigenvalue weighted by molar-refractivity contribution is 5.28. The van der Waals surface area contributed by atoms with E-state index in [4.69, 9.17) is 4.74 Å². The van der Waals surface area contributed by atoms with E-state index in [1.54, 1.807) is 13.3 Å². The number of ether oxygens (including phenoxy) is 1. The Balaban J connectivity index is 2.32. The molecule has 3 nitrogen and oxygen atoms in total. The van der Waals surface area contributed by atoms with E-state index in [-0.39, 0.29) is 0 Å². The van der Waals surface area contributed by atoms with Gasteiger partial charge in [0, 0.05) is 17.8 Å². The zero-order chi connectivity index (χ0) is 14.6. The monoisotopic (exact) mass is 278 g/mol. The molecule has 1 atom stereocenters. The molecule has 1 aromatic rings. The number of methoxy groups -OCH3 is 1. The van der Waals surface area contributed by atoms with E-state index >= 15 is 0 Å². The number of rotatable bonds is 11. The quantitative estimate of drug-likeness (QED) is 0.605. The highest BCUT2D eigenvalue weighted by atomic mass is 16.5. The van der Waals surface area contributed by atoms with E-state index in [1.807, 2.05) is 13.1 Å². The maximum Gasteiger partial charge on any atom is 0.217 e. The zero-order valence-corrected chi connectivity index (χ0v) is 13.3. The Hall–Kier alpha value is -1.09. The number of hydrogen-bond donors (Lipinski definition) is 1. The number of nitrogens with zero attached hydrogens (tertiary/aromatic N) is 1. The van der Waals surface area contributed by atoms with E-state index in [0.29, 0.717) is 6.04 Å². The van der Waals surface area contributed by atoms with Crippen LogP contribution in [0.5, 0.6) is 5.88 Å². The fourth-order valence-electron chi connectivity index (χ4n) is 2.60. The molecular formula is C17H30N2O. The predicted octanol–water partition coefficient (Wildman–Crippen LogP) is 4.49. The number of hydrogen-bond acceptors (Lipinski definition) is 3. The Labute approximate surface area is 124 Å². The average Bonchev–Trinajstić information content (AvgIpc) is 2.50. The summed E-state index contributed by atoms with van der Waals surface area (Å²) >= 11 is 0. The summed E-state index contributed by atoms with van der Waals surface area (Å²) in [5.74, 6) is 0.745. The molecule has 0 saturated heterocycles. The van der Waals surface area contributed by atoms with Gasteiger partial charge in [0.2, 0.25) is 5.88 Å². The van der Waals surface area contributed by atoms with Crippen molar-refractivity contribution in [1.82, 2.24) is 10.3 Å². The van der Waals surface area contributed by atoms with Crippen LogP contribution >= 0.6 is 0 Å². The first-order valence-corrected chi connectivity index (χ1v) is 7.99. The molecule has 0 bridgehead atoms. The Kier molecular flexibility index (Phi) is 9.05. The highest BCUT2D eigenvalue weighted by Gasteiger charge is 2.14. The van der Waals surface area contributed by atoms with Crippen molar-refractivity contribution in [2.45, 2.75) is 64.3 Å². The molecule has 1 unspecified atom stereocenters. The average molecular weight is 278 g/mol. The smallest absolute Gasteiger partial charge is 0.217 e. The second kappa shape index (κ2) is 10.7. The third kappa shape index (κ3) is 5.91. The third-order valence-electron chi connectivity index (χ3n) is 3.81. The van der Waals surface area contributed by atoms with Crippen molar-refractivity contribution < 1.29 is 4.74 Å². The second-order valence-corrected chi connectivity index (χ2v) is 5.35. The van der Waals surface area contributed by atoms with Gasteiger partial charge < -0.3 is 10.1 Å². The SMILES string of the molecule is CCCCCCCCCC(NC)c1cccnc1OC. The van der Waals surface area contributed by atoms with Gasteiger partial charge in [0.1, 0.15) is 0 Å². The topological polar surface area (TPSA) is 34.2 Å². The summed E-state index contributed by atoms with van der Waals surface area (Å²) in [5, 5.41) is 3.38. The summed E-state index contributed by atoms with van der Waals surface area (Å²) in [7, 11) is 3.70. The molecule has 0 saturated carbocycles. The van der Waals surface area contributed by atoms with Crippen LogP contribution in [0, 0.1) is 0 Å². The summed E-state index contributed by atoms with van der Waals surface area (Å²) in [6, 6.07) is 4.43. The molecule has 0 aliphatic carbocycles. The lowest BCUT2D eigenvalue weighted by molar-refractivity contribution is 0.380. The first-order chi connectivity index (χ1) is 9.83. The largest absolute Gasteiger partial charge is 0.481 e. The molecule has 1 aromatic heterocycles. The van der Waals surface area contributed by atoms with Gasteiger partial charge in [-0.3, -0.25) is 0 Å². The Morgan fingerprint density at radius 3 is 2.50 bits per heavy atom. The predicted molar refractivity (Wildman–Crippen MR) is 85.2 cm³/mol. The maximum atomic E-state index is 5.35. The van der Waals surface area contributed by atoms with Crippen LogP contribution in [0.15, 0.2) is 18.3 Å². The number of nitrogens with one attached hydrogen (secondary N) is 1. The minimum atomic E-state index is 0.342. The van der Waals surface area contributed by atoms with E-state index in [2.05, 4.69) is 23.3 Å². The molecular weight excluding hydrogens is 248 g/mol. The number of pyridine rings is 1. The Morgan fingerprint density at radius 1 is 1.15 bits per heavy atom. The van der Waals surface area contributed by atoms with Crippen molar-refractivity contribution >= 4 is 0 Å². The van der Waals surface area contributed by atoms with Gasteiger partial charge in [-0.05, 0) is 19.5 Å². The minimum Gasteiger partial charge on any atom is -0.481 e. The molecule has 3 heteroatoms. The van der Waals surface area contributed by atoms with Gasteiger partial charge in [-0.2, -0.15) is 0 Å². The van der Waals surface area contributed by atoms with E-state index in [0.717, 1.165) is 12.3 Å². The van der Waals surface area contributed by atoms with Crippen LogP contribution in [-0.2, 0) is 0 Å². The van der Waals surface area contributed by atoms with E-state index in [9.17, 15) is 0 Å². The normalized spacial score (nSPS) is 12.3. The molecule has 0 fully saturated rings. The Bertz CT molecular complexity index is 355. The summed E-state index contributed by atoms with van der Waals surface area (Å²) < 4.78 is 5.35. The van der Waals surface area contributed by atoms with Crippen molar-refractivity contribution in [3.63, 3.8) is 0 Å². The molecule has 0 aliphatic rings. The van der Waals surface area contributed by atoms with Gasteiger partial charge >= 0.3 is 0 Å². The highest BCUT2D eigenvalue weighted by Crippen LogP contribution is 2.26. The molecule has 0 spiro atoms. The molecule has 0 amide bonds. The third-order valence-corrected chi connectivity index (χ3v) is 3.81. The maximum absolute atomic E-state index is 5.35. The fourth-order valence-corrected chi connectivity index (χ4v) is 2.60. The summed E-state index contributed by atoms with van der Waals surface area (Å²) in [6.07, 6.45) is 12.3. The van der Waals surface area contributed by atoms with Crippen LogP contribution in [0.3, 0.4) is 0 Å². The Morgan fingerprint density at radius 2 is 1.85 bits per heavy atom. The fraction of sp³-hybridized carbons (Fsp3) is 0.706. The summed E-state index contributed by atoms with van der Waals surface area (Å²) in [6.45, 7) is 2.26. The zero-order valence-electron chi connectivity index (χ0n) is 13.3. The van der Waals surface area contributed by atoms with Gasteiger partial charge in [-0.25, -0.2) is 4.98 Å². The number of aromatic nitrogens is 1. The molecule has 20 heavy (non-hydrogen) atoms. The first-order valence-electron chi connectivity index (χ1n) is 7.99. The lowest BCUT2D eigenvalue weighted by atomic mass is 10.0. The summed E-state index contributed by atoms with van der Waals surface area (Å²) in [5.41, 5.74) is 1.17. The molecule has 1 N–H and O–H groups in total. The molecule has 0 aromatic carbocycles. The van der Waals surface area contributed by atoms with Crippen LogP contribution in [0.4, 0.5) is 0 Å². The minimum absolute atomic E-state index is 0.342. The van der Waals surface area contributed by atoms with Crippen LogP contribution in [0.25, 0.3) is 0 Å². The van der Waals surface area contributed by atoms with Crippen LogP contribution in [-0.4, -0.2) is 19.1 Å². The van der Waals surface area contributed by atoms with Crippen molar-refractivity contribution in [2.75, 3.05) is 14.2 Å².